The summed E-state index contributed by atoms with van der Waals surface area (Å²) in [5, 5.41) is 9.74. The van der Waals surface area contributed by atoms with Gasteiger partial charge in [-0.05, 0) is 30.4 Å². The highest BCUT2D eigenvalue weighted by Gasteiger charge is 2.32. The summed E-state index contributed by atoms with van der Waals surface area (Å²) in [7, 11) is 0. The molecule has 0 radical (unpaired) electrons. The highest BCUT2D eigenvalue weighted by atomic mass is 16.3. The first-order valence-corrected chi connectivity index (χ1v) is 8.46. The number of benzene rings is 1. The van der Waals surface area contributed by atoms with Crippen LogP contribution in [0.5, 0.6) is 0 Å². The van der Waals surface area contributed by atoms with Crippen molar-refractivity contribution in [3.63, 3.8) is 0 Å². The van der Waals surface area contributed by atoms with Crippen LogP contribution in [0.4, 0.5) is 0 Å². The number of fused-ring (bicyclic) bond motifs is 1. The molecule has 1 N–H and O–H groups in total. The summed E-state index contributed by atoms with van der Waals surface area (Å²) in [5.41, 5.74) is 2.57. The number of hydrogen-bond donors (Lipinski definition) is 1. The van der Waals surface area contributed by atoms with Crippen molar-refractivity contribution in [3.8, 4) is 0 Å². The Bertz CT molecular complexity index is 524. The van der Waals surface area contributed by atoms with Crippen LogP contribution in [0, 0.1) is 0 Å². The van der Waals surface area contributed by atoms with E-state index in [1.54, 1.807) is 0 Å². The molecule has 1 saturated heterocycles. The van der Waals surface area contributed by atoms with Crippen molar-refractivity contribution in [3.05, 3.63) is 35.4 Å². The number of hydrogen-bond acceptors (Lipinski definition) is 3. The number of aryl methyl sites for hydroxylation is 1. The number of amides is 1. The van der Waals surface area contributed by atoms with Crippen molar-refractivity contribution in [1.82, 2.24) is 9.80 Å². The average molecular weight is 302 g/mol. The minimum atomic E-state index is -0.246. The normalized spacial score (nSPS) is 23.4. The monoisotopic (exact) mass is 302 g/mol. The Labute approximate surface area is 132 Å². The van der Waals surface area contributed by atoms with Crippen molar-refractivity contribution in [2.75, 3.05) is 32.7 Å². The van der Waals surface area contributed by atoms with Gasteiger partial charge in [0.25, 0.3) is 0 Å². The van der Waals surface area contributed by atoms with Crippen molar-refractivity contribution < 1.29 is 9.90 Å². The van der Waals surface area contributed by atoms with Crippen molar-refractivity contribution >= 4 is 5.91 Å². The first-order chi connectivity index (χ1) is 10.7. The molecule has 1 aromatic carbocycles. The molecule has 3 rings (SSSR count). The highest BCUT2D eigenvalue weighted by Crippen LogP contribution is 2.34. The van der Waals surface area contributed by atoms with Crippen LogP contribution in [0.15, 0.2) is 24.3 Å². The molecule has 2 atom stereocenters. The third kappa shape index (κ3) is 3.18. The lowest BCUT2D eigenvalue weighted by Crippen LogP contribution is -2.51. The van der Waals surface area contributed by atoms with E-state index in [-0.39, 0.29) is 12.0 Å². The zero-order valence-corrected chi connectivity index (χ0v) is 13.4. The molecule has 4 heteroatoms. The summed E-state index contributed by atoms with van der Waals surface area (Å²) in [4.78, 5) is 17.1. The molecular weight excluding hydrogens is 276 g/mol. The first kappa shape index (κ1) is 15.5. The fraction of sp³-hybridized carbons (Fsp3) is 0.611. The molecule has 0 aromatic heterocycles. The van der Waals surface area contributed by atoms with Crippen LogP contribution in [0.25, 0.3) is 0 Å². The summed E-state index contributed by atoms with van der Waals surface area (Å²) in [6, 6.07) is 8.35. The SMILES string of the molecule is CC[C@H](O)CN1CCN(C(=O)[C@@H]2CCc3ccccc32)CC1. The minimum Gasteiger partial charge on any atom is -0.392 e. The van der Waals surface area contributed by atoms with E-state index < -0.39 is 0 Å². The van der Waals surface area contributed by atoms with Gasteiger partial charge >= 0.3 is 0 Å². The number of β-amino-alcohol motifs (C(OH)–C–C–N with tert-alkyl or cyclic N) is 1. The van der Waals surface area contributed by atoms with Crippen LogP contribution in [0.1, 0.15) is 36.8 Å². The third-order valence-electron chi connectivity index (χ3n) is 5.06. The maximum Gasteiger partial charge on any atom is 0.230 e. The van der Waals surface area contributed by atoms with Crippen molar-refractivity contribution in [2.24, 2.45) is 0 Å². The molecule has 0 bridgehead atoms. The molecule has 1 aromatic rings. The lowest BCUT2D eigenvalue weighted by Gasteiger charge is -2.36. The molecule has 0 unspecified atom stereocenters. The second-order valence-electron chi connectivity index (χ2n) is 6.48. The topological polar surface area (TPSA) is 43.8 Å². The van der Waals surface area contributed by atoms with Gasteiger partial charge in [0.05, 0.1) is 12.0 Å². The van der Waals surface area contributed by atoms with Gasteiger partial charge in [-0.15, -0.1) is 0 Å². The van der Waals surface area contributed by atoms with Gasteiger partial charge in [0.15, 0.2) is 0 Å². The molecule has 1 fully saturated rings. The summed E-state index contributed by atoms with van der Waals surface area (Å²) in [5.74, 6) is 0.352. The number of aliphatic hydroxyl groups excluding tert-OH is 1. The molecular formula is C18H26N2O2. The molecule has 1 aliphatic carbocycles. The summed E-state index contributed by atoms with van der Waals surface area (Å²) in [6.45, 7) is 6.04. The van der Waals surface area contributed by atoms with Crippen LogP contribution in [0.2, 0.25) is 0 Å². The average Bonchev–Trinajstić information content (AvgIpc) is 2.99. The Kier molecular flexibility index (Phi) is 4.79. The van der Waals surface area contributed by atoms with Crippen LogP contribution in [-0.2, 0) is 11.2 Å². The molecule has 1 amide bonds. The van der Waals surface area contributed by atoms with Crippen LogP contribution < -0.4 is 0 Å². The standard InChI is InChI=1S/C18H26N2O2/c1-2-15(21)13-19-9-11-20(12-10-19)18(22)17-8-7-14-5-3-4-6-16(14)17/h3-6,15,17,21H,2,7-13H2,1H3/t15-,17+/m0/s1. The van der Waals surface area contributed by atoms with E-state index in [1.807, 2.05) is 17.9 Å². The number of carbonyl (C=O) groups excluding carboxylic acids is 1. The molecule has 0 spiro atoms. The first-order valence-electron chi connectivity index (χ1n) is 8.46. The Morgan fingerprint density at radius 3 is 2.73 bits per heavy atom. The summed E-state index contributed by atoms with van der Waals surface area (Å²) in [6.07, 6.45) is 2.52. The van der Waals surface area contributed by atoms with E-state index in [4.69, 9.17) is 0 Å². The van der Waals surface area contributed by atoms with E-state index >= 15 is 0 Å². The Morgan fingerprint density at radius 2 is 2.00 bits per heavy atom. The van der Waals surface area contributed by atoms with E-state index in [0.717, 1.165) is 52.0 Å². The lowest BCUT2D eigenvalue weighted by atomic mass is 9.99. The molecule has 22 heavy (non-hydrogen) atoms. The minimum absolute atomic E-state index is 0.0592. The van der Waals surface area contributed by atoms with Crippen LogP contribution in [0.3, 0.4) is 0 Å². The predicted molar refractivity (Wildman–Crippen MR) is 86.8 cm³/mol. The zero-order chi connectivity index (χ0) is 15.5. The molecule has 1 aliphatic heterocycles. The third-order valence-corrected chi connectivity index (χ3v) is 5.06. The largest absolute Gasteiger partial charge is 0.392 e. The van der Waals surface area contributed by atoms with Gasteiger partial charge in [-0.3, -0.25) is 9.69 Å². The van der Waals surface area contributed by atoms with Gasteiger partial charge in [0, 0.05) is 32.7 Å². The molecule has 2 aliphatic rings. The van der Waals surface area contributed by atoms with Gasteiger partial charge in [0.2, 0.25) is 5.91 Å². The van der Waals surface area contributed by atoms with Crippen molar-refractivity contribution in [1.29, 1.82) is 0 Å². The predicted octanol–water partition coefficient (Wildman–Crippen LogP) is 1.63. The molecule has 4 nitrogen and oxygen atoms in total. The van der Waals surface area contributed by atoms with E-state index in [9.17, 15) is 9.90 Å². The van der Waals surface area contributed by atoms with E-state index in [0.29, 0.717) is 5.91 Å². The number of carbonyl (C=O) groups is 1. The Morgan fingerprint density at radius 1 is 1.27 bits per heavy atom. The smallest absolute Gasteiger partial charge is 0.230 e. The maximum atomic E-state index is 12.8. The number of nitrogens with zero attached hydrogens (tertiary/aromatic N) is 2. The Balaban J connectivity index is 1.57. The zero-order valence-electron chi connectivity index (χ0n) is 13.4. The summed E-state index contributed by atoms with van der Waals surface area (Å²) < 4.78 is 0. The summed E-state index contributed by atoms with van der Waals surface area (Å²) >= 11 is 0. The number of piperazine rings is 1. The van der Waals surface area contributed by atoms with Gasteiger partial charge in [-0.1, -0.05) is 31.2 Å². The van der Waals surface area contributed by atoms with Gasteiger partial charge in [-0.2, -0.15) is 0 Å². The van der Waals surface area contributed by atoms with Gasteiger partial charge in [-0.25, -0.2) is 0 Å². The number of rotatable bonds is 4. The van der Waals surface area contributed by atoms with Crippen LogP contribution >= 0.6 is 0 Å². The second kappa shape index (κ2) is 6.80. The van der Waals surface area contributed by atoms with Gasteiger partial charge in [0.1, 0.15) is 0 Å². The quantitative estimate of drug-likeness (QED) is 0.919. The second-order valence-corrected chi connectivity index (χ2v) is 6.48. The van der Waals surface area contributed by atoms with E-state index in [2.05, 4.69) is 23.1 Å². The Hall–Kier alpha value is -1.39. The van der Waals surface area contributed by atoms with Crippen LogP contribution in [-0.4, -0.2) is 59.6 Å². The fourth-order valence-corrected chi connectivity index (χ4v) is 3.61. The molecule has 1 heterocycles. The lowest BCUT2D eigenvalue weighted by molar-refractivity contribution is -0.134. The van der Waals surface area contributed by atoms with Gasteiger partial charge < -0.3 is 10.0 Å². The fourth-order valence-electron chi connectivity index (χ4n) is 3.61. The molecule has 0 saturated carbocycles. The van der Waals surface area contributed by atoms with E-state index in [1.165, 1.54) is 11.1 Å². The maximum absolute atomic E-state index is 12.8. The van der Waals surface area contributed by atoms with Crippen molar-refractivity contribution in [2.45, 2.75) is 38.2 Å². The highest BCUT2D eigenvalue weighted by molar-refractivity contribution is 5.85. The number of aliphatic hydroxyl groups is 1. The molecule has 120 valence electrons.